The van der Waals surface area contributed by atoms with Gasteiger partial charge in [-0.15, -0.1) is 0 Å². The van der Waals surface area contributed by atoms with Gasteiger partial charge in [-0.3, -0.25) is 0 Å². The summed E-state index contributed by atoms with van der Waals surface area (Å²) in [5, 5.41) is 0.168. The summed E-state index contributed by atoms with van der Waals surface area (Å²) in [4.78, 5) is 3.73. The van der Waals surface area contributed by atoms with Gasteiger partial charge in [0.15, 0.2) is 0 Å². The Morgan fingerprint density at radius 1 is 1.83 bits per heavy atom. The molecule has 0 saturated heterocycles. The molecule has 0 fully saturated rings. The van der Waals surface area contributed by atoms with Crippen molar-refractivity contribution in [1.29, 1.82) is 0 Å². The zero-order valence-electron chi connectivity index (χ0n) is 7.04. The van der Waals surface area contributed by atoms with Crippen LogP contribution in [-0.4, -0.2) is 16.9 Å². The molecule has 12 heavy (non-hydrogen) atoms. The van der Waals surface area contributed by atoms with E-state index >= 15 is 0 Å². The molecule has 5 heteroatoms. The van der Waals surface area contributed by atoms with E-state index in [2.05, 4.69) is 11.1 Å². The number of allylic oxidation sites excluding steroid dienone is 3. The second kappa shape index (κ2) is 9.44. The molecule has 2 nitrogen and oxygen atoms in total. The molecule has 1 unspecified atom stereocenters. The van der Waals surface area contributed by atoms with Crippen molar-refractivity contribution in [3.8, 4) is 0 Å². The minimum Gasteiger partial charge on any atom is -0.647 e. The number of thioether (sulfide) groups is 1. The van der Waals surface area contributed by atoms with Gasteiger partial charge in [0.25, 0.3) is 0 Å². The SMILES string of the molecule is [CH-]=CC=[C-]/C(Cl)=N\C([NH-])SC.[Li+]. The van der Waals surface area contributed by atoms with Crippen molar-refractivity contribution < 1.29 is 18.9 Å². The van der Waals surface area contributed by atoms with Gasteiger partial charge in [0.05, 0.1) is 0 Å². The molecule has 0 spiro atoms. The maximum absolute atomic E-state index is 7.18. The third-order valence-corrected chi connectivity index (χ3v) is 1.51. The van der Waals surface area contributed by atoms with Gasteiger partial charge in [-0.25, -0.2) is 0 Å². The summed E-state index contributed by atoms with van der Waals surface area (Å²) in [6, 6.07) is 0. The number of nitrogens with zero attached hydrogens (tertiary/aromatic N) is 1. The van der Waals surface area contributed by atoms with E-state index in [1.165, 1.54) is 23.9 Å². The summed E-state index contributed by atoms with van der Waals surface area (Å²) in [6.07, 6.45) is 7.10. The maximum atomic E-state index is 7.18. The fourth-order valence-electron chi connectivity index (χ4n) is 0.310. The minimum absolute atomic E-state index is 0. The van der Waals surface area contributed by atoms with Crippen molar-refractivity contribution in [3.05, 3.63) is 30.5 Å². The Labute approximate surface area is 94.5 Å². The van der Waals surface area contributed by atoms with E-state index in [-0.39, 0.29) is 24.0 Å². The Hall–Kier alpha value is 0.347. The minimum atomic E-state index is -0.582. The van der Waals surface area contributed by atoms with E-state index in [9.17, 15) is 0 Å². The molecule has 62 valence electrons. The first-order chi connectivity index (χ1) is 5.20. The molecule has 0 bridgehead atoms. The van der Waals surface area contributed by atoms with E-state index < -0.39 is 5.50 Å². The molecular weight excluding hydrogens is 187 g/mol. The predicted octanol–water partition coefficient (Wildman–Crippen LogP) is -0.325. The van der Waals surface area contributed by atoms with Crippen molar-refractivity contribution in [2.45, 2.75) is 5.50 Å². The summed E-state index contributed by atoms with van der Waals surface area (Å²) in [6.45, 7) is 5.03. The third-order valence-electron chi connectivity index (χ3n) is 0.753. The zero-order chi connectivity index (χ0) is 8.69. The van der Waals surface area contributed by atoms with Gasteiger partial charge >= 0.3 is 18.9 Å². The zero-order valence-corrected chi connectivity index (χ0v) is 8.62. The first kappa shape index (κ1) is 14.8. The van der Waals surface area contributed by atoms with Crippen molar-refractivity contribution in [2.24, 2.45) is 4.99 Å². The van der Waals surface area contributed by atoms with E-state index in [1.54, 1.807) is 6.26 Å². The Bertz CT molecular complexity index is 182. The van der Waals surface area contributed by atoms with Gasteiger partial charge in [0.1, 0.15) is 0 Å². The van der Waals surface area contributed by atoms with E-state index in [0.717, 1.165) is 0 Å². The van der Waals surface area contributed by atoms with Crippen LogP contribution in [-0.2, 0) is 0 Å². The fourth-order valence-corrected chi connectivity index (χ4v) is 0.739. The van der Waals surface area contributed by atoms with Crippen molar-refractivity contribution in [3.63, 3.8) is 0 Å². The smallest absolute Gasteiger partial charge is 0.647 e. The van der Waals surface area contributed by atoms with Gasteiger partial charge in [0.2, 0.25) is 0 Å². The normalized spacial score (nSPS) is 14.1. The molecule has 0 aliphatic carbocycles. The number of nitrogens with one attached hydrogen (secondary N) is 1. The van der Waals surface area contributed by atoms with Crippen LogP contribution in [0.3, 0.4) is 0 Å². The molecule has 0 aromatic carbocycles. The standard InChI is InChI=1S/C7H8ClN2S.Li/c1-3-4-5-6(8)10-7(9)11-2;/h1,3-4,7,9H,2H3;/q-3;+1/b10-6+;. The Balaban J connectivity index is 0. The van der Waals surface area contributed by atoms with Crippen LogP contribution < -0.4 is 18.9 Å². The van der Waals surface area contributed by atoms with Crippen LogP contribution in [0.15, 0.2) is 17.1 Å². The average molecular weight is 195 g/mol. The summed E-state index contributed by atoms with van der Waals surface area (Å²) in [7, 11) is 0. The summed E-state index contributed by atoms with van der Waals surface area (Å²) in [5.74, 6) is 0. The van der Waals surface area contributed by atoms with Gasteiger partial charge in [-0.2, -0.15) is 11.8 Å². The van der Waals surface area contributed by atoms with Crippen LogP contribution in [0.25, 0.3) is 5.73 Å². The maximum Gasteiger partial charge on any atom is 1.00 e. The largest absolute Gasteiger partial charge is 1.00 e. The molecule has 0 aromatic rings. The van der Waals surface area contributed by atoms with Crippen LogP contribution in [0, 0.1) is 12.7 Å². The Morgan fingerprint density at radius 2 is 2.42 bits per heavy atom. The van der Waals surface area contributed by atoms with Crippen molar-refractivity contribution in [2.75, 3.05) is 6.26 Å². The van der Waals surface area contributed by atoms with Crippen molar-refractivity contribution in [1.82, 2.24) is 0 Å². The van der Waals surface area contributed by atoms with Gasteiger partial charge < -0.3 is 35.5 Å². The van der Waals surface area contributed by atoms with Crippen LogP contribution in [0.5, 0.6) is 0 Å². The number of rotatable bonds is 4. The van der Waals surface area contributed by atoms with Crippen LogP contribution in [0.2, 0.25) is 0 Å². The first-order valence-electron chi connectivity index (χ1n) is 2.81. The number of hydrogen-bond donors (Lipinski definition) is 0. The Kier molecular flexibility index (Phi) is 11.7. The van der Waals surface area contributed by atoms with E-state index in [4.69, 9.17) is 23.9 Å². The first-order valence-corrected chi connectivity index (χ1v) is 4.47. The van der Waals surface area contributed by atoms with Crippen molar-refractivity contribution >= 4 is 28.5 Å². The Morgan fingerprint density at radius 3 is 2.83 bits per heavy atom. The van der Waals surface area contributed by atoms with E-state index in [1.807, 2.05) is 0 Å². The average Bonchev–Trinajstić information content (AvgIpc) is 2.00. The molecule has 0 rings (SSSR count). The summed E-state index contributed by atoms with van der Waals surface area (Å²) < 4.78 is 0. The quantitative estimate of drug-likeness (QED) is 0.261. The molecule has 0 aliphatic rings. The van der Waals surface area contributed by atoms with Gasteiger partial charge in [0, 0.05) is 10.7 Å². The molecule has 1 atom stereocenters. The van der Waals surface area contributed by atoms with Crippen LogP contribution in [0.4, 0.5) is 0 Å². The summed E-state index contributed by atoms with van der Waals surface area (Å²) in [5.41, 5.74) is 6.60. The van der Waals surface area contributed by atoms with Gasteiger partial charge in [-0.05, 0) is 6.26 Å². The van der Waals surface area contributed by atoms with E-state index in [0.29, 0.717) is 0 Å². The summed E-state index contributed by atoms with van der Waals surface area (Å²) >= 11 is 6.82. The molecule has 0 aliphatic heterocycles. The molecule has 1 N–H and O–H groups in total. The second-order valence-corrected chi connectivity index (χ2v) is 2.79. The number of aliphatic imine (C=N–C) groups is 1. The van der Waals surface area contributed by atoms with Gasteiger partial charge in [-0.1, -0.05) is 11.6 Å². The monoisotopic (exact) mass is 194 g/mol. The molecular formula is C7H8ClLiN2S-2. The topological polar surface area (TPSA) is 36.2 Å². The van der Waals surface area contributed by atoms with Crippen LogP contribution >= 0.6 is 23.4 Å². The molecule has 0 saturated carbocycles. The molecule has 0 amide bonds. The second-order valence-electron chi connectivity index (χ2n) is 1.51. The number of halogens is 1. The number of hydrogen-bond acceptors (Lipinski definition) is 2. The molecule has 0 heterocycles. The fraction of sp³-hybridized carbons (Fsp3) is 0.286. The molecule has 0 aromatic heterocycles. The third kappa shape index (κ3) is 8.44. The van der Waals surface area contributed by atoms with Crippen LogP contribution in [0.1, 0.15) is 0 Å². The molecule has 0 radical (unpaired) electrons. The predicted molar refractivity (Wildman–Crippen MR) is 51.6 cm³/mol.